The molecule has 3 aliphatic rings. The molecule has 2 aromatic rings. The number of esters is 1. The van der Waals surface area contributed by atoms with E-state index in [0.717, 1.165) is 11.1 Å². The number of amides is 3. The minimum atomic E-state index is -1.41. The third kappa shape index (κ3) is 7.08. The third-order valence-electron chi connectivity index (χ3n) is 9.67. The highest BCUT2D eigenvalue weighted by molar-refractivity contribution is 9.09. The molecular formula is C37H43BrClN3O7. The quantitative estimate of drug-likeness (QED) is 0.156. The van der Waals surface area contributed by atoms with Gasteiger partial charge in [0, 0.05) is 17.8 Å². The Morgan fingerprint density at radius 1 is 1.20 bits per heavy atom. The molecule has 262 valence electrons. The smallest absolute Gasteiger partial charge is 0.312 e. The maximum atomic E-state index is 15.1. The number of carbonyl (C=O) groups excluding carboxylic acids is 4. The predicted octanol–water partition coefficient (Wildman–Crippen LogP) is 4.53. The topological polar surface area (TPSA) is 125 Å². The van der Waals surface area contributed by atoms with Crippen LogP contribution in [0.5, 0.6) is 0 Å². The van der Waals surface area contributed by atoms with E-state index in [1.807, 2.05) is 43.3 Å². The van der Waals surface area contributed by atoms with Crippen molar-refractivity contribution in [1.82, 2.24) is 10.2 Å². The Bertz CT molecular complexity index is 1570. The fourth-order valence-electron chi connectivity index (χ4n) is 7.58. The van der Waals surface area contributed by atoms with Gasteiger partial charge in [0.1, 0.15) is 17.7 Å². The van der Waals surface area contributed by atoms with Gasteiger partial charge in [-0.2, -0.15) is 0 Å². The average molecular weight is 757 g/mol. The van der Waals surface area contributed by atoms with E-state index in [4.69, 9.17) is 21.1 Å². The number of nitrogens with one attached hydrogen (secondary N) is 1. The van der Waals surface area contributed by atoms with E-state index >= 15 is 4.79 Å². The first-order chi connectivity index (χ1) is 23.5. The molecule has 3 heterocycles. The van der Waals surface area contributed by atoms with Crippen LogP contribution in [0.15, 0.2) is 73.8 Å². The van der Waals surface area contributed by atoms with Crippen LogP contribution in [0.4, 0.5) is 5.69 Å². The van der Waals surface area contributed by atoms with Crippen molar-refractivity contribution in [3.63, 3.8) is 0 Å². The summed E-state index contributed by atoms with van der Waals surface area (Å²) in [5, 5.41) is 13.9. The number of aliphatic hydroxyl groups is 1. The van der Waals surface area contributed by atoms with Crippen LogP contribution in [0.25, 0.3) is 0 Å². The second kappa shape index (κ2) is 15.6. The van der Waals surface area contributed by atoms with Gasteiger partial charge in [0.05, 0.1) is 47.8 Å². The standard InChI is InChI=1S/C37H43BrClN3O7/c1-5-7-16-28(44)40-20-23(4)48-36(47)29-30-34(45)42(25(21-43)18-24-13-9-8-10-14-24)33(37(30)19-26(38)32(29)49-37)35(46)41(17-6-2)31-22(3)12-11-15-27(31)39/h5-6,8-15,23,25-26,29-30,32-33,43H,1-2,7,16-21H2,3-4H3,(H,40,44)/t23-,25+,26?,29-,30+,32-,33-,37+/m0/s1. The number of anilines is 1. The van der Waals surface area contributed by atoms with Crippen LogP contribution in [0.3, 0.4) is 0 Å². The van der Waals surface area contributed by atoms with Gasteiger partial charge in [-0.15, -0.1) is 13.2 Å². The lowest BCUT2D eigenvalue weighted by Gasteiger charge is -2.40. The van der Waals surface area contributed by atoms with Gasteiger partial charge in [-0.1, -0.05) is 82.1 Å². The molecule has 0 radical (unpaired) electrons. The van der Waals surface area contributed by atoms with Crippen molar-refractivity contribution in [2.24, 2.45) is 11.8 Å². The van der Waals surface area contributed by atoms with Crippen LogP contribution in [0.2, 0.25) is 5.02 Å². The number of fused-ring (bicyclic) bond motifs is 1. The van der Waals surface area contributed by atoms with Gasteiger partial charge >= 0.3 is 5.97 Å². The molecular weight excluding hydrogens is 714 g/mol. The van der Waals surface area contributed by atoms with Gasteiger partial charge in [0.15, 0.2) is 0 Å². The van der Waals surface area contributed by atoms with Crippen molar-refractivity contribution < 1.29 is 33.8 Å². The molecule has 2 bridgehead atoms. The summed E-state index contributed by atoms with van der Waals surface area (Å²) in [5.74, 6) is -3.84. The largest absolute Gasteiger partial charge is 0.460 e. The van der Waals surface area contributed by atoms with E-state index in [1.54, 1.807) is 31.2 Å². The lowest BCUT2D eigenvalue weighted by atomic mass is 9.70. The Balaban J connectivity index is 1.53. The third-order valence-corrected chi connectivity index (χ3v) is 10.8. The number of allylic oxidation sites excluding steroid dienone is 1. The summed E-state index contributed by atoms with van der Waals surface area (Å²) in [7, 11) is 0. The molecule has 1 spiro atoms. The van der Waals surface area contributed by atoms with E-state index in [9.17, 15) is 19.5 Å². The summed E-state index contributed by atoms with van der Waals surface area (Å²) in [5.41, 5.74) is 0.686. The summed E-state index contributed by atoms with van der Waals surface area (Å²) < 4.78 is 12.5. The highest BCUT2D eigenvalue weighted by Crippen LogP contribution is 2.61. The monoisotopic (exact) mass is 755 g/mol. The molecule has 3 aliphatic heterocycles. The zero-order valence-corrected chi connectivity index (χ0v) is 30.1. The van der Waals surface area contributed by atoms with Gasteiger partial charge in [0.25, 0.3) is 5.91 Å². The number of alkyl halides is 1. The van der Waals surface area contributed by atoms with Crippen molar-refractivity contribution in [2.45, 2.75) is 74.3 Å². The van der Waals surface area contributed by atoms with Crippen molar-refractivity contribution in [1.29, 1.82) is 0 Å². The molecule has 10 nitrogen and oxygen atoms in total. The molecule has 1 unspecified atom stereocenters. The van der Waals surface area contributed by atoms with Crippen LogP contribution in [-0.4, -0.2) is 88.1 Å². The Morgan fingerprint density at radius 2 is 1.94 bits per heavy atom. The van der Waals surface area contributed by atoms with Crippen molar-refractivity contribution in [3.05, 3.63) is 90.0 Å². The number of para-hydroxylation sites is 1. The molecule has 8 atom stereocenters. The summed E-state index contributed by atoms with van der Waals surface area (Å²) in [6.07, 6.45) is 3.13. The molecule has 0 aliphatic carbocycles. The van der Waals surface area contributed by atoms with E-state index in [-0.39, 0.29) is 43.1 Å². The molecule has 12 heteroatoms. The highest BCUT2D eigenvalue weighted by Gasteiger charge is 2.77. The SMILES string of the molecule is C=CCCC(=O)NC[C@H](C)OC(=O)[C@@H]1[C@H]2O[C@@]3(CC2Br)[C@H](C(=O)N(CC=C)c2c(C)cccc2Cl)N([C@@H](CO)Cc2ccccc2)C(=O)[C@@H]13. The highest BCUT2D eigenvalue weighted by atomic mass is 79.9. The van der Waals surface area contributed by atoms with E-state index in [1.165, 1.54) is 9.80 Å². The molecule has 3 amide bonds. The average Bonchev–Trinajstić information content (AvgIpc) is 3.68. The number of nitrogens with zero attached hydrogens (tertiary/aromatic N) is 2. The zero-order chi connectivity index (χ0) is 35.5. The fourth-order valence-corrected chi connectivity index (χ4v) is 8.84. The van der Waals surface area contributed by atoms with Crippen LogP contribution in [0.1, 0.15) is 37.3 Å². The van der Waals surface area contributed by atoms with Gasteiger partial charge in [-0.05, 0) is 50.3 Å². The number of ether oxygens (including phenoxy) is 2. The van der Waals surface area contributed by atoms with Crippen molar-refractivity contribution in [2.75, 3.05) is 24.6 Å². The molecule has 3 fully saturated rings. The molecule has 0 aromatic heterocycles. The maximum absolute atomic E-state index is 15.1. The summed E-state index contributed by atoms with van der Waals surface area (Å²) in [6.45, 7) is 10.8. The molecule has 2 aromatic carbocycles. The fraction of sp³-hybridized carbons (Fsp3) is 0.459. The zero-order valence-electron chi connectivity index (χ0n) is 27.7. The number of hydrogen-bond donors (Lipinski definition) is 2. The van der Waals surface area contributed by atoms with Gasteiger partial charge in [-0.3, -0.25) is 19.2 Å². The Hall–Kier alpha value is -3.51. The number of aryl methyl sites for hydroxylation is 1. The Morgan fingerprint density at radius 3 is 2.59 bits per heavy atom. The first kappa shape index (κ1) is 36.8. The Labute approximate surface area is 300 Å². The summed E-state index contributed by atoms with van der Waals surface area (Å²) >= 11 is 10.4. The minimum Gasteiger partial charge on any atom is -0.460 e. The number of halogens is 2. The van der Waals surface area contributed by atoms with E-state index < -0.39 is 66.1 Å². The van der Waals surface area contributed by atoms with Crippen molar-refractivity contribution >= 4 is 56.9 Å². The van der Waals surface area contributed by atoms with Crippen LogP contribution >= 0.6 is 27.5 Å². The Kier molecular flexibility index (Phi) is 11.7. The summed E-state index contributed by atoms with van der Waals surface area (Å²) in [6, 6.07) is 12.7. The van der Waals surface area contributed by atoms with Gasteiger partial charge in [0.2, 0.25) is 11.8 Å². The minimum absolute atomic E-state index is 0.0893. The molecule has 2 N–H and O–H groups in total. The van der Waals surface area contributed by atoms with E-state index in [2.05, 4.69) is 34.4 Å². The van der Waals surface area contributed by atoms with Crippen molar-refractivity contribution in [3.8, 4) is 0 Å². The second-order valence-corrected chi connectivity index (χ2v) is 14.5. The normalized spacial score (nSPS) is 26.5. The number of aliphatic hydroxyl groups excluding tert-OH is 1. The number of rotatable bonds is 15. The lowest BCUT2D eigenvalue weighted by molar-refractivity contribution is -0.159. The predicted molar refractivity (Wildman–Crippen MR) is 190 cm³/mol. The summed E-state index contributed by atoms with van der Waals surface area (Å²) in [4.78, 5) is 58.5. The first-order valence-corrected chi connectivity index (χ1v) is 17.8. The van der Waals surface area contributed by atoms with Crippen LogP contribution < -0.4 is 10.2 Å². The molecule has 3 saturated heterocycles. The molecule has 5 rings (SSSR count). The van der Waals surface area contributed by atoms with Gasteiger partial charge < -0.3 is 29.7 Å². The number of likely N-dealkylation sites (tertiary alicyclic amines) is 1. The van der Waals surface area contributed by atoms with Gasteiger partial charge in [-0.25, -0.2) is 0 Å². The van der Waals surface area contributed by atoms with Crippen LogP contribution in [0, 0.1) is 18.8 Å². The first-order valence-electron chi connectivity index (χ1n) is 16.5. The number of hydrogen-bond acceptors (Lipinski definition) is 7. The lowest BCUT2D eigenvalue weighted by Crippen LogP contribution is -2.59. The number of carbonyl (C=O) groups is 4. The molecule has 0 saturated carbocycles. The van der Waals surface area contributed by atoms with E-state index in [0.29, 0.717) is 17.1 Å². The number of benzene rings is 2. The second-order valence-electron chi connectivity index (χ2n) is 13.0. The molecule has 49 heavy (non-hydrogen) atoms. The maximum Gasteiger partial charge on any atom is 0.312 e. The van der Waals surface area contributed by atoms with Crippen LogP contribution in [-0.2, 0) is 35.1 Å².